The minimum absolute atomic E-state index is 0.0570. The van der Waals surface area contributed by atoms with Gasteiger partial charge in [-0.15, -0.1) is 0 Å². The van der Waals surface area contributed by atoms with E-state index in [1.54, 1.807) is 52.9 Å². The molecular weight excluding hydrogens is 680 g/mol. The molecule has 52 heavy (non-hydrogen) atoms. The third-order valence-electron chi connectivity index (χ3n) is 11.0. The molecule has 1 unspecified atom stereocenters. The maximum absolute atomic E-state index is 13.4. The van der Waals surface area contributed by atoms with Gasteiger partial charge in [0.2, 0.25) is 5.91 Å². The van der Waals surface area contributed by atoms with E-state index >= 15 is 0 Å². The molecule has 1 aromatic rings. The fourth-order valence-electron chi connectivity index (χ4n) is 7.65. The summed E-state index contributed by atoms with van der Waals surface area (Å²) < 4.78 is 28.9. The quantitative estimate of drug-likeness (QED) is 0.196. The molecule has 0 aliphatic carbocycles. The number of cyclic esters (lactones) is 1. The molecule has 0 spiro atoms. The number of carbonyl (C=O) groups is 2. The average molecular weight is 743 g/mol. The number of likely N-dealkylation sites (N-methyl/N-ethyl adjacent to an activating group) is 1. The largest absolute Gasteiger partial charge is 0.497 e. The van der Waals surface area contributed by atoms with Crippen LogP contribution in [-0.2, 0) is 35.1 Å². The Morgan fingerprint density at radius 2 is 1.69 bits per heavy atom. The van der Waals surface area contributed by atoms with E-state index in [2.05, 4.69) is 4.98 Å². The Balaban J connectivity index is 1.87. The summed E-state index contributed by atoms with van der Waals surface area (Å²) in [5.41, 5.74) is -3.17. The Kier molecular flexibility index (Phi) is 15.4. The van der Waals surface area contributed by atoms with Gasteiger partial charge in [0.15, 0.2) is 6.29 Å². The van der Waals surface area contributed by atoms with Crippen molar-refractivity contribution in [1.29, 1.82) is 0 Å². The second-order valence-corrected chi connectivity index (χ2v) is 15.4. The lowest BCUT2D eigenvalue weighted by Crippen LogP contribution is -2.61. The summed E-state index contributed by atoms with van der Waals surface area (Å²) in [6.45, 7) is 12.3. The van der Waals surface area contributed by atoms with Gasteiger partial charge in [-0.05, 0) is 58.9 Å². The van der Waals surface area contributed by atoms with Gasteiger partial charge in [-0.1, -0.05) is 27.7 Å². The van der Waals surface area contributed by atoms with Gasteiger partial charge in [-0.25, -0.2) is 0 Å². The minimum Gasteiger partial charge on any atom is -0.497 e. The Morgan fingerprint density at radius 3 is 2.31 bits per heavy atom. The smallest absolute Gasteiger partial charge is 0.311 e. The van der Waals surface area contributed by atoms with Crippen LogP contribution < -0.4 is 4.74 Å². The summed E-state index contributed by atoms with van der Waals surface area (Å²) in [5, 5.41) is 69.1. The molecule has 2 saturated heterocycles. The number of aromatic nitrogens is 1. The van der Waals surface area contributed by atoms with E-state index < -0.39 is 102 Å². The minimum atomic E-state index is -1.94. The predicted octanol–water partition coefficient (Wildman–Crippen LogP) is 1.17. The number of esters is 1. The van der Waals surface area contributed by atoms with Crippen molar-refractivity contribution < 1.29 is 63.9 Å². The van der Waals surface area contributed by atoms with Crippen LogP contribution in [0.4, 0.5) is 0 Å². The van der Waals surface area contributed by atoms with Gasteiger partial charge in [0, 0.05) is 31.1 Å². The van der Waals surface area contributed by atoms with Crippen LogP contribution in [0, 0.1) is 23.7 Å². The first-order valence-electron chi connectivity index (χ1n) is 18.2. The monoisotopic (exact) mass is 742 g/mol. The highest BCUT2D eigenvalue weighted by atomic mass is 16.7. The first-order chi connectivity index (χ1) is 24.2. The number of methoxy groups -OCH3 is 1. The molecule has 0 aromatic carbocycles. The highest BCUT2D eigenvalue weighted by Gasteiger charge is 2.51. The lowest BCUT2D eigenvalue weighted by atomic mass is 9.73. The van der Waals surface area contributed by atoms with Crippen LogP contribution in [0.15, 0.2) is 18.3 Å². The number of hydrogen-bond acceptors (Lipinski definition) is 14. The van der Waals surface area contributed by atoms with E-state index in [0.717, 1.165) is 0 Å². The summed E-state index contributed by atoms with van der Waals surface area (Å²) in [5.74, 6) is -4.38. The SMILES string of the molecule is CC[C@H]1OC(=O)[C@H](C)[C@@H](O)[C@H](C)[C@@H](O[C@@H]2O[C@H](C)CC(N(C)C(=O)COCc3cc(OC)ccn3)[C@H]2O)[C@](C)(O)C[C@@H](C)[C@H](O)[C@H](C)[C@@H](O)[C@]1(C)O. The normalized spacial score (nSPS) is 41.1. The van der Waals surface area contributed by atoms with Gasteiger partial charge >= 0.3 is 5.97 Å². The van der Waals surface area contributed by atoms with Gasteiger partial charge in [-0.3, -0.25) is 14.6 Å². The fraction of sp³-hybridized carbons (Fsp3) is 0.811. The molecule has 1 amide bonds. The zero-order chi connectivity index (χ0) is 39.3. The lowest BCUT2D eigenvalue weighted by molar-refractivity contribution is -0.299. The number of hydrogen-bond donors (Lipinski definition) is 6. The molecule has 0 saturated carbocycles. The van der Waals surface area contributed by atoms with Crippen LogP contribution in [0.2, 0.25) is 0 Å². The molecule has 3 rings (SSSR count). The van der Waals surface area contributed by atoms with Crippen LogP contribution in [0.25, 0.3) is 0 Å². The molecular formula is C37H62N2O13. The van der Waals surface area contributed by atoms with Crippen molar-refractivity contribution in [2.24, 2.45) is 23.7 Å². The summed E-state index contributed by atoms with van der Waals surface area (Å²) in [6.07, 6.45) is -8.05. The van der Waals surface area contributed by atoms with Crippen LogP contribution in [-0.4, -0.2) is 139 Å². The van der Waals surface area contributed by atoms with E-state index in [-0.39, 0.29) is 32.5 Å². The van der Waals surface area contributed by atoms with E-state index in [4.69, 9.17) is 23.7 Å². The molecule has 0 bridgehead atoms. The summed E-state index contributed by atoms with van der Waals surface area (Å²) in [6, 6.07) is 2.61. The molecule has 15 atom stereocenters. The van der Waals surface area contributed by atoms with Crippen molar-refractivity contribution in [2.45, 2.75) is 148 Å². The van der Waals surface area contributed by atoms with Gasteiger partial charge < -0.3 is 59.2 Å². The third kappa shape index (κ3) is 10.2. The van der Waals surface area contributed by atoms with Crippen molar-refractivity contribution in [3.8, 4) is 5.75 Å². The van der Waals surface area contributed by atoms with Crippen molar-refractivity contribution in [3.05, 3.63) is 24.0 Å². The van der Waals surface area contributed by atoms with Crippen molar-refractivity contribution >= 4 is 11.9 Å². The highest BCUT2D eigenvalue weighted by Crippen LogP contribution is 2.38. The maximum atomic E-state index is 13.4. The van der Waals surface area contributed by atoms with Gasteiger partial charge in [0.25, 0.3) is 0 Å². The number of amides is 1. The van der Waals surface area contributed by atoms with Crippen molar-refractivity contribution in [1.82, 2.24) is 9.88 Å². The van der Waals surface area contributed by atoms with E-state index in [0.29, 0.717) is 11.4 Å². The first-order valence-corrected chi connectivity index (χ1v) is 18.2. The Hall–Kier alpha value is -2.47. The summed E-state index contributed by atoms with van der Waals surface area (Å²) in [4.78, 5) is 32.2. The molecule has 298 valence electrons. The molecule has 1 aromatic heterocycles. The molecule has 2 aliphatic heterocycles. The number of pyridine rings is 1. The Labute approximate surface area is 307 Å². The van der Waals surface area contributed by atoms with Gasteiger partial charge in [0.05, 0.1) is 67.5 Å². The number of aliphatic hydroxyl groups is 6. The molecule has 15 heteroatoms. The highest BCUT2D eigenvalue weighted by molar-refractivity contribution is 5.77. The summed E-state index contributed by atoms with van der Waals surface area (Å²) >= 11 is 0. The van der Waals surface area contributed by atoms with Gasteiger partial charge in [0.1, 0.15) is 30.2 Å². The number of rotatable bonds is 9. The van der Waals surface area contributed by atoms with E-state index in [1.165, 1.54) is 39.8 Å². The number of carbonyl (C=O) groups excluding carboxylic acids is 2. The van der Waals surface area contributed by atoms with E-state index in [1.807, 2.05) is 0 Å². The molecule has 2 aliphatic rings. The predicted molar refractivity (Wildman–Crippen MR) is 188 cm³/mol. The van der Waals surface area contributed by atoms with Gasteiger partial charge in [-0.2, -0.15) is 0 Å². The fourth-order valence-corrected chi connectivity index (χ4v) is 7.65. The second kappa shape index (κ2) is 18.2. The third-order valence-corrected chi connectivity index (χ3v) is 11.0. The summed E-state index contributed by atoms with van der Waals surface area (Å²) in [7, 11) is 3.07. The van der Waals surface area contributed by atoms with Crippen molar-refractivity contribution in [3.63, 3.8) is 0 Å². The molecule has 6 N–H and O–H groups in total. The Bertz CT molecular complexity index is 1310. The molecule has 15 nitrogen and oxygen atoms in total. The topological polar surface area (TPSA) is 218 Å². The van der Waals surface area contributed by atoms with Crippen LogP contribution in [0.5, 0.6) is 5.75 Å². The average Bonchev–Trinajstić information content (AvgIpc) is 3.10. The number of nitrogens with zero attached hydrogens (tertiary/aromatic N) is 2. The van der Waals surface area contributed by atoms with E-state index in [9.17, 15) is 40.2 Å². The standard InChI is InChI=1S/C37H62N2O13/c1-11-27-37(8,47)32(44)21(4)29(41)19(2)16-36(7,46)33(22(5)30(42)23(6)34(45)51-27)52-35-31(43)26(14-20(3)50-35)39(9)28(40)18-49-17-24-15-25(48-10)12-13-38-24/h12-13,15,19-23,26-27,29-33,35,41-44,46-47H,11,14,16-18H2,1-10H3/t19-,20-,21+,22+,23-,26?,27-,29+,30+,31-,32-,33-,35+,36-,37-/m1/s1. The van der Waals surface area contributed by atoms with Crippen LogP contribution >= 0.6 is 0 Å². The maximum Gasteiger partial charge on any atom is 0.311 e. The van der Waals surface area contributed by atoms with Crippen LogP contribution in [0.1, 0.15) is 80.3 Å². The number of aliphatic hydroxyl groups excluding tert-OH is 4. The first kappa shape index (κ1) is 43.9. The van der Waals surface area contributed by atoms with Crippen molar-refractivity contribution in [2.75, 3.05) is 20.8 Å². The molecule has 3 heterocycles. The zero-order valence-electron chi connectivity index (χ0n) is 32.2. The molecule has 0 radical (unpaired) electrons. The number of ether oxygens (including phenoxy) is 5. The Morgan fingerprint density at radius 1 is 1.04 bits per heavy atom. The molecule has 2 fully saturated rings. The second-order valence-electron chi connectivity index (χ2n) is 15.4. The lowest BCUT2D eigenvalue weighted by Gasteiger charge is -2.47. The van der Waals surface area contributed by atoms with Crippen LogP contribution in [0.3, 0.4) is 0 Å². The zero-order valence-corrected chi connectivity index (χ0v) is 32.2.